The highest BCUT2D eigenvalue weighted by Crippen LogP contribution is 2.33. The molecule has 19 heavy (non-hydrogen) atoms. The molecule has 2 aliphatic rings. The second-order valence-electron chi connectivity index (χ2n) is 6.90. The average Bonchev–Trinajstić information content (AvgIpc) is 2.64. The van der Waals surface area contributed by atoms with Crippen molar-refractivity contribution in [3.8, 4) is 0 Å². The molecule has 2 saturated heterocycles. The normalized spacial score (nSPS) is 30.4. The maximum Gasteiger partial charge on any atom is 0.222 e. The van der Waals surface area contributed by atoms with Crippen LogP contribution in [-0.4, -0.2) is 46.7 Å². The third-order valence-corrected chi connectivity index (χ3v) is 4.35. The largest absolute Gasteiger partial charge is 0.389 e. The molecule has 0 saturated carbocycles. The van der Waals surface area contributed by atoms with Crippen LogP contribution in [0.1, 0.15) is 52.9 Å². The van der Waals surface area contributed by atoms with Gasteiger partial charge in [-0.15, -0.1) is 0 Å². The SMILES string of the molecule is CCN(CC(C)(C)O)C(=O)CC1CC2CCC(C1)N2. The van der Waals surface area contributed by atoms with E-state index in [2.05, 4.69) is 5.32 Å². The maximum atomic E-state index is 12.3. The van der Waals surface area contributed by atoms with E-state index in [1.165, 1.54) is 12.8 Å². The van der Waals surface area contributed by atoms with Gasteiger partial charge in [0.1, 0.15) is 0 Å². The Bertz CT molecular complexity index is 313. The zero-order valence-corrected chi connectivity index (χ0v) is 12.5. The highest BCUT2D eigenvalue weighted by atomic mass is 16.3. The van der Waals surface area contributed by atoms with Crippen molar-refractivity contribution in [2.45, 2.75) is 70.6 Å². The molecule has 0 aliphatic carbocycles. The predicted molar refractivity (Wildman–Crippen MR) is 75.8 cm³/mol. The molecular weight excluding hydrogens is 240 g/mol. The van der Waals surface area contributed by atoms with Crippen LogP contribution in [0.15, 0.2) is 0 Å². The number of nitrogens with one attached hydrogen (secondary N) is 1. The first-order valence-electron chi connectivity index (χ1n) is 7.63. The molecule has 2 heterocycles. The van der Waals surface area contributed by atoms with E-state index in [0.717, 1.165) is 12.8 Å². The van der Waals surface area contributed by atoms with Crippen molar-refractivity contribution in [1.29, 1.82) is 0 Å². The van der Waals surface area contributed by atoms with E-state index in [1.807, 2.05) is 6.92 Å². The number of nitrogens with zero attached hydrogens (tertiary/aromatic N) is 1. The van der Waals surface area contributed by atoms with Gasteiger partial charge in [0.15, 0.2) is 0 Å². The van der Waals surface area contributed by atoms with Gasteiger partial charge in [-0.2, -0.15) is 0 Å². The van der Waals surface area contributed by atoms with E-state index in [-0.39, 0.29) is 5.91 Å². The van der Waals surface area contributed by atoms with Crippen LogP contribution >= 0.6 is 0 Å². The van der Waals surface area contributed by atoms with Gasteiger partial charge in [-0.25, -0.2) is 0 Å². The molecule has 110 valence electrons. The minimum absolute atomic E-state index is 0.205. The van der Waals surface area contributed by atoms with Crippen LogP contribution in [0, 0.1) is 5.92 Å². The summed E-state index contributed by atoms with van der Waals surface area (Å²) < 4.78 is 0. The van der Waals surface area contributed by atoms with Gasteiger partial charge in [0, 0.05) is 31.6 Å². The summed E-state index contributed by atoms with van der Waals surface area (Å²) in [6.07, 6.45) is 5.48. The first kappa shape index (κ1) is 14.8. The third-order valence-electron chi connectivity index (χ3n) is 4.35. The summed E-state index contributed by atoms with van der Waals surface area (Å²) in [5.74, 6) is 0.734. The van der Waals surface area contributed by atoms with E-state index in [0.29, 0.717) is 37.5 Å². The van der Waals surface area contributed by atoms with Crippen molar-refractivity contribution in [3.63, 3.8) is 0 Å². The van der Waals surface area contributed by atoms with Crippen molar-refractivity contribution in [3.05, 3.63) is 0 Å². The second kappa shape index (κ2) is 5.80. The Kier molecular flexibility index (Phi) is 4.51. The molecule has 2 bridgehead atoms. The molecule has 2 atom stereocenters. The smallest absolute Gasteiger partial charge is 0.222 e. The third kappa shape index (κ3) is 4.18. The zero-order chi connectivity index (χ0) is 14.0. The molecule has 0 spiro atoms. The fraction of sp³-hybridized carbons (Fsp3) is 0.933. The summed E-state index contributed by atoms with van der Waals surface area (Å²) in [6, 6.07) is 1.28. The van der Waals surface area contributed by atoms with Crippen LogP contribution in [0.4, 0.5) is 0 Å². The van der Waals surface area contributed by atoms with Crippen molar-refractivity contribution in [2.75, 3.05) is 13.1 Å². The molecule has 0 aromatic heterocycles. The van der Waals surface area contributed by atoms with E-state index in [4.69, 9.17) is 0 Å². The fourth-order valence-electron chi connectivity index (χ4n) is 3.56. The highest BCUT2D eigenvalue weighted by Gasteiger charge is 2.35. The van der Waals surface area contributed by atoms with Gasteiger partial charge in [-0.3, -0.25) is 4.79 Å². The monoisotopic (exact) mass is 268 g/mol. The van der Waals surface area contributed by atoms with E-state index in [9.17, 15) is 9.90 Å². The summed E-state index contributed by atoms with van der Waals surface area (Å²) in [6.45, 7) is 6.61. The number of carbonyl (C=O) groups is 1. The topological polar surface area (TPSA) is 52.6 Å². The van der Waals surface area contributed by atoms with Gasteiger partial charge in [0.25, 0.3) is 0 Å². The van der Waals surface area contributed by atoms with Gasteiger partial charge in [-0.05, 0) is 52.4 Å². The molecular formula is C15H28N2O2. The Balaban J connectivity index is 1.85. The predicted octanol–water partition coefficient (Wildman–Crippen LogP) is 1.53. The minimum Gasteiger partial charge on any atom is -0.389 e. The molecule has 1 amide bonds. The maximum absolute atomic E-state index is 12.3. The highest BCUT2D eigenvalue weighted by molar-refractivity contribution is 5.76. The van der Waals surface area contributed by atoms with Gasteiger partial charge >= 0.3 is 0 Å². The lowest BCUT2D eigenvalue weighted by molar-refractivity contribution is -0.135. The van der Waals surface area contributed by atoms with Crippen molar-refractivity contribution in [2.24, 2.45) is 5.92 Å². The summed E-state index contributed by atoms with van der Waals surface area (Å²) in [5, 5.41) is 13.5. The van der Waals surface area contributed by atoms with Crippen LogP contribution in [0.2, 0.25) is 0 Å². The average molecular weight is 268 g/mol. The molecule has 0 aromatic rings. The molecule has 0 aromatic carbocycles. The summed E-state index contributed by atoms with van der Waals surface area (Å²) in [5.41, 5.74) is -0.807. The molecule has 2 fully saturated rings. The lowest BCUT2D eigenvalue weighted by Crippen LogP contribution is -2.44. The van der Waals surface area contributed by atoms with Gasteiger partial charge in [0.2, 0.25) is 5.91 Å². The van der Waals surface area contributed by atoms with Crippen LogP contribution in [0.25, 0.3) is 0 Å². The number of fused-ring (bicyclic) bond motifs is 2. The standard InChI is InChI=1S/C15H28N2O2/c1-4-17(10-15(2,3)19)14(18)9-11-7-12-5-6-13(8-11)16-12/h11-13,16,19H,4-10H2,1-3H3. The molecule has 2 aliphatic heterocycles. The Hall–Kier alpha value is -0.610. The Morgan fingerprint density at radius 2 is 1.89 bits per heavy atom. The fourth-order valence-corrected chi connectivity index (χ4v) is 3.56. The Labute approximate surface area is 116 Å². The first-order valence-corrected chi connectivity index (χ1v) is 7.63. The van der Waals surface area contributed by atoms with E-state index < -0.39 is 5.60 Å². The molecule has 4 heteroatoms. The molecule has 2 unspecified atom stereocenters. The summed E-state index contributed by atoms with van der Waals surface area (Å²) in [7, 11) is 0. The quantitative estimate of drug-likeness (QED) is 0.795. The molecule has 4 nitrogen and oxygen atoms in total. The molecule has 2 N–H and O–H groups in total. The number of hydrogen-bond donors (Lipinski definition) is 2. The number of piperidine rings is 1. The van der Waals surface area contributed by atoms with Crippen molar-refractivity contribution in [1.82, 2.24) is 10.2 Å². The van der Waals surface area contributed by atoms with Crippen LogP contribution in [-0.2, 0) is 4.79 Å². The first-order chi connectivity index (χ1) is 8.87. The Morgan fingerprint density at radius 3 is 2.37 bits per heavy atom. The molecule has 2 rings (SSSR count). The zero-order valence-electron chi connectivity index (χ0n) is 12.5. The number of hydrogen-bond acceptors (Lipinski definition) is 3. The van der Waals surface area contributed by atoms with E-state index in [1.54, 1.807) is 18.7 Å². The van der Waals surface area contributed by atoms with Crippen molar-refractivity contribution >= 4 is 5.91 Å². The van der Waals surface area contributed by atoms with Gasteiger partial charge in [0.05, 0.1) is 5.60 Å². The number of aliphatic hydroxyl groups is 1. The lowest BCUT2D eigenvalue weighted by Gasteiger charge is -2.32. The second-order valence-corrected chi connectivity index (χ2v) is 6.90. The van der Waals surface area contributed by atoms with Crippen LogP contribution in [0.5, 0.6) is 0 Å². The number of carbonyl (C=O) groups excluding carboxylic acids is 1. The summed E-state index contributed by atoms with van der Waals surface area (Å²) >= 11 is 0. The van der Waals surface area contributed by atoms with Gasteiger partial charge in [-0.1, -0.05) is 0 Å². The van der Waals surface area contributed by atoms with Crippen molar-refractivity contribution < 1.29 is 9.90 Å². The number of amides is 1. The minimum atomic E-state index is -0.807. The van der Waals surface area contributed by atoms with Crippen LogP contribution in [0.3, 0.4) is 0 Å². The Morgan fingerprint density at radius 1 is 1.32 bits per heavy atom. The summed E-state index contributed by atoms with van der Waals surface area (Å²) in [4.78, 5) is 14.1. The van der Waals surface area contributed by atoms with Gasteiger partial charge < -0.3 is 15.3 Å². The van der Waals surface area contributed by atoms with Crippen LogP contribution < -0.4 is 5.32 Å². The molecule has 0 radical (unpaired) electrons. The number of rotatable bonds is 5. The number of likely N-dealkylation sites (N-methyl/N-ethyl adjacent to an activating group) is 1. The van der Waals surface area contributed by atoms with E-state index >= 15 is 0 Å². The lowest BCUT2D eigenvalue weighted by atomic mass is 9.89.